The van der Waals surface area contributed by atoms with Gasteiger partial charge in [-0.1, -0.05) is 36.7 Å². The number of alkyl halides is 1. The summed E-state index contributed by atoms with van der Waals surface area (Å²) in [6.07, 6.45) is 2.38. The van der Waals surface area contributed by atoms with Gasteiger partial charge in [-0.2, -0.15) is 5.26 Å². The predicted octanol–water partition coefficient (Wildman–Crippen LogP) is 5.83. The van der Waals surface area contributed by atoms with Crippen LogP contribution < -0.4 is 5.32 Å². The smallest absolute Gasteiger partial charge is 0.257 e. The molecule has 2 amide bonds. The maximum Gasteiger partial charge on any atom is 0.257 e. The summed E-state index contributed by atoms with van der Waals surface area (Å²) in [5.74, 6) is -0.537. The molecule has 1 saturated heterocycles. The molecule has 2 heterocycles. The average Bonchev–Trinajstić information content (AvgIpc) is 2.90. The lowest BCUT2D eigenvalue weighted by molar-refractivity contribution is 0.0420. The SMILES string of the molecule is CCc1cc(C)c(NC(=O)c2ccc(Cl)nc2)cc1C(=O)N1CCC(F)(c2ccc(C#N)cc2)CC1. The first-order valence-corrected chi connectivity index (χ1v) is 12.2. The van der Waals surface area contributed by atoms with Gasteiger partial charge in [-0.3, -0.25) is 9.59 Å². The Morgan fingerprint density at radius 3 is 2.44 bits per heavy atom. The van der Waals surface area contributed by atoms with Gasteiger partial charge in [0.05, 0.1) is 17.2 Å². The number of aryl methyl sites for hydroxylation is 2. The highest BCUT2D eigenvalue weighted by molar-refractivity contribution is 6.29. The highest BCUT2D eigenvalue weighted by Gasteiger charge is 2.38. The monoisotopic (exact) mass is 504 g/mol. The van der Waals surface area contributed by atoms with Gasteiger partial charge in [0, 0.05) is 43.4 Å². The van der Waals surface area contributed by atoms with E-state index in [4.69, 9.17) is 16.9 Å². The molecule has 0 saturated carbocycles. The van der Waals surface area contributed by atoms with E-state index in [1.807, 2.05) is 26.0 Å². The highest BCUT2D eigenvalue weighted by Crippen LogP contribution is 2.37. The zero-order valence-corrected chi connectivity index (χ0v) is 20.9. The Labute approximate surface area is 214 Å². The zero-order chi connectivity index (χ0) is 25.9. The fraction of sp³-hybridized carbons (Fsp3) is 0.286. The van der Waals surface area contributed by atoms with Gasteiger partial charge in [0.25, 0.3) is 11.8 Å². The first-order valence-electron chi connectivity index (χ1n) is 11.8. The van der Waals surface area contributed by atoms with E-state index in [0.717, 1.165) is 11.1 Å². The summed E-state index contributed by atoms with van der Waals surface area (Å²) in [6.45, 7) is 4.38. The fourth-order valence-electron chi connectivity index (χ4n) is 4.47. The molecule has 6 nitrogen and oxygen atoms in total. The molecule has 2 aromatic carbocycles. The topological polar surface area (TPSA) is 86.1 Å². The molecule has 1 aliphatic heterocycles. The van der Waals surface area contributed by atoms with Crippen molar-refractivity contribution in [2.75, 3.05) is 18.4 Å². The highest BCUT2D eigenvalue weighted by atomic mass is 35.5. The number of nitriles is 1. The van der Waals surface area contributed by atoms with E-state index >= 15 is 4.39 Å². The third-order valence-corrected chi connectivity index (χ3v) is 6.90. The van der Waals surface area contributed by atoms with Crippen molar-refractivity contribution in [2.24, 2.45) is 0 Å². The second-order valence-electron chi connectivity index (χ2n) is 8.95. The van der Waals surface area contributed by atoms with Crippen molar-refractivity contribution in [3.63, 3.8) is 0 Å². The van der Waals surface area contributed by atoms with Crippen molar-refractivity contribution in [3.05, 3.63) is 93.3 Å². The van der Waals surface area contributed by atoms with Crippen LogP contribution in [0, 0.1) is 18.3 Å². The van der Waals surface area contributed by atoms with Crippen LogP contribution in [-0.2, 0) is 12.1 Å². The molecule has 0 spiro atoms. The molecule has 0 unspecified atom stereocenters. The zero-order valence-electron chi connectivity index (χ0n) is 20.1. The molecule has 1 aromatic heterocycles. The number of nitrogens with one attached hydrogen (secondary N) is 1. The normalized spacial score (nSPS) is 14.7. The van der Waals surface area contributed by atoms with Crippen molar-refractivity contribution < 1.29 is 14.0 Å². The van der Waals surface area contributed by atoms with Gasteiger partial charge in [0.2, 0.25) is 0 Å². The lowest BCUT2D eigenvalue weighted by Gasteiger charge is -2.37. The summed E-state index contributed by atoms with van der Waals surface area (Å²) in [5, 5.41) is 12.1. The van der Waals surface area contributed by atoms with Gasteiger partial charge in [0.15, 0.2) is 0 Å². The maximum atomic E-state index is 15.7. The molecule has 0 radical (unpaired) electrons. The van der Waals surface area contributed by atoms with Crippen LogP contribution in [-0.4, -0.2) is 34.8 Å². The fourth-order valence-corrected chi connectivity index (χ4v) is 4.58. The number of anilines is 1. The molecular weight excluding hydrogens is 479 g/mol. The first-order chi connectivity index (χ1) is 17.2. The van der Waals surface area contributed by atoms with Crippen LogP contribution in [0.3, 0.4) is 0 Å². The molecule has 4 rings (SSSR count). The number of benzene rings is 2. The Balaban J connectivity index is 1.52. The van der Waals surface area contributed by atoms with Crippen LogP contribution in [0.2, 0.25) is 5.15 Å². The van der Waals surface area contributed by atoms with E-state index < -0.39 is 5.67 Å². The minimum atomic E-state index is -1.54. The number of likely N-dealkylation sites (tertiary alicyclic amines) is 1. The Morgan fingerprint density at radius 2 is 1.86 bits per heavy atom. The van der Waals surface area contributed by atoms with E-state index in [9.17, 15) is 9.59 Å². The number of nitrogens with zero attached hydrogens (tertiary/aromatic N) is 3. The first kappa shape index (κ1) is 25.3. The number of piperidine rings is 1. The van der Waals surface area contributed by atoms with E-state index in [-0.39, 0.29) is 37.7 Å². The van der Waals surface area contributed by atoms with E-state index in [0.29, 0.717) is 39.5 Å². The van der Waals surface area contributed by atoms with Crippen LogP contribution in [0.25, 0.3) is 0 Å². The van der Waals surface area contributed by atoms with Gasteiger partial charge in [-0.15, -0.1) is 0 Å². The van der Waals surface area contributed by atoms with Crippen molar-refractivity contribution in [1.29, 1.82) is 5.26 Å². The summed E-state index contributed by atoms with van der Waals surface area (Å²) in [5.41, 5.74) is 2.55. The van der Waals surface area contributed by atoms with Crippen molar-refractivity contribution in [3.8, 4) is 6.07 Å². The Kier molecular flexibility index (Phi) is 7.37. The molecule has 3 aromatic rings. The number of rotatable bonds is 5. The third-order valence-electron chi connectivity index (χ3n) is 6.67. The summed E-state index contributed by atoms with van der Waals surface area (Å²) in [6, 6.07) is 15.3. The molecule has 184 valence electrons. The number of carbonyl (C=O) groups is 2. The van der Waals surface area contributed by atoms with Crippen LogP contribution >= 0.6 is 11.6 Å². The lowest BCUT2D eigenvalue weighted by Crippen LogP contribution is -2.43. The lowest BCUT2D eigenvalue weighted by atomic mass is 9.85. The number of hydrogen-bond acceptors (Lipinski definition) is 4. The van der Waals surface area contributed by atoms with E-state index in [2.05, 4.69) is 10.3 Å². The van der Waals surface area contributed by atoms with E-state index in [1.54, 1.807) is 41.3 Å². The van der Waals surface area contributed by atoms with Gasteiger partial charge < -0.3 is 10.2 Å². The predicted molar refractivity (Wildman–Crippen MR) is 137 cm³/mol. The number of halogens is 2. The second-order valence-corrected chi connectivity index (χ2v) is 9.34. The summed E-state index contributed by atoms with van der Waals surface area (Å²) in [4.78, 5) is 31.8. The Hall–Kier alpha value is -3.76. The summed E-state index contributed by atoms with van der Waals surface area (Å²) in [7, 11) is 0. The molecule has 36 heavy (non-hydrogen) atoms. The number of hydrogen-bond donors (Lipinski definition) is 1. The minimum Gasteiger partial charge on any atom is -0.338 e. The van der Waals surface area contributed by atoms with Crippen molar-refractivity contribution in [2.45, 2.75) is 38.8 Å². The molecule has 1 N–H and O–H groups in total. The largest absolute Gasteiger partial charge is 0.338 e. The molecule has 8 heteroatoms. The third kappa shape index (κ3) is 5.24. The maximum absolute atomic E-state index is 15.7. The average molecular weight is 505 g/mol. The van der Waals surface area contributed by atoms with Gasteiger partial charge in [-0.05, 0) is 60.4 Å². The minimum absolute atomic E-state index is 0.172. The second kappa shape index (κ2) is 10.5. The van der Waals surface area contributed by atoms with Crippen molar-refractivity contribution >= 4 is 29.1 Å². The number of aromatic nitrogens is 1. The number of pyridine rings is 1. The standard InChI is InChI=1S/C28H26ClFN4O2/c1-3-20-14-18(2)24(33-26(35)21-6-9-25(29)32-17-21)15-23(20)27(36)34-12-10-28(30,11-13-34)22-7-4-19(16-31)5-8-22/h4-9,14-15,17H,3,10-13H2,1-2H3,(H,33,35). The molecular formula is C28H26ClFN4O2. The van der Waals surface area contributed by atoms with Crippen LogP contribution in [0.15, 0.2) is 54.7 Å². The van der Waals surface area contributed by atoms with Gasteiger partial charge in [-0.25, -0.2) is 9.37 Å². The molecule has 1 fully saturated rings. The molecule has 0 aliphatic carbocycles. The van der Waals surface area contributed by atoms with Crippen LogP contribution in [0.5, 0.6) is 0 Å². The van der Waals surface area contributed by atoms with Crippen LogP contribution in [0.4, 0.5) is 10.1 Å². The molecule has 1 aliphatic rings. The molecule has 0 atom stereocenters. The van der Waals surface area contributed by atoms with Crippen molar-refractivity contribution in [1.82, 2.24) is 9.88 Å². The Bertz CT molecular complexity index is 1330. The van der Waals surface area contributed by atoms with Crippen LogP contribution in [0.1, 0.15) is 62.7 Å². The van der Waals surface area contributed by atoms with Gasteiger partial charge in [0.1, 0.15) is 10.8 Å². The summed E-state index contributed by atoms with van der Waals surface area (Å²) >= 11 is 5.81. The summed E-state index contributed by atoms with van der Waals surface area (Å²) < 4.78 is 15.7. The number of amides is 2. The molecule has 0 bridgehead atoms. The Morgan fingerprint density at radius 1 is 1.17 bits per heavy atom. The van der Waals surface area contributed by atoms with Gasteiger partial charge >= 0.3 is 0 Å². The number of carbonyl (C=O) groups excluding carboxylic acids is 2. The van der Waals surface area contributed by atoms with E-state index in [1.165, 1.54) is 12.3 Å². The quantitative estimate of drug-likeness (QED) is 0.443.